The molecule has 1 heterocycles. The van der Waals surface area contributed by atoms with Gasteiger partial charge in [0.25, 0.3) is 0 Å². The molecule has 2 aromatic rings. The van der Waals surface area contributed by atoms with Crippen LogP contribution in [0.15, 0.2) is 42.7 Å². The smallest absolute Gasteiger partial charge is 0.302 e. The lowest BCUT2D eigenvalue weighted by molar-refractivity contribution is -0.138. The van der Waals surface area contributed by atoms with Crippen molar-refractivity contribution >= 4 is 0 Å². The van der Waals surface area contributed by atoms with Crippen LogP contribution >= 0.6 is 0 Å². The number of benzene rings is 1. The highest BCUT2D eigenvalue weighted by molar-refractivity contribution is 5.29. The van der Waals surface area contributed by atoms with E-state index in [9.17, 15) is 13.2 Å². The maximum absolute atomic E-state index is 13.0. The van der Waals surface area contributed by atoms with Gasteiger partial charge < -0.3 is 4.90 Å². The summed E-state index contributed by atoms with van der Waals surface area (Å²) in [5.74, 6) is 0. The third-order valence-electron chi connectivity index (χ3n) is 3.75. The van der Waals surface area contributed by atoms with Gasteiger partial charge in [0.1, 0.15) is 0 Å². The third-order valence-corrected chi connectivity index (χ3v) is 3.75. The van der Waals surface area contributed by atoms with Crippen LogP contribution in [0.4, 0.5) is 13.2 Å². The zero-order valence-corrected chi connectivity index (χ0v) is 13.3. The van der Waals surface area contributed by atoms with Gasteiger partial charge in [-0.1, -0.05) is 24.6 Å². The quantitative estimate of drug-likeness (QED) is 0.678. The van der Waals surface area contributed by atoms with Crippen molar-refractivity contribution in [2.75, 3.05) is 13.6 Å². The van der Waals surface area contributed by atoms with E-state index in [1.165, 1.54) is 6.07 Å². The Balaban J connectivity index is 1.73. The first-order valence-corrected chi connectivity index (χ1v) is 7.78. The first-order chi connectivity index (χ1) is 11.0. The Hall–Kier alpha value is -1.82. The maximum Gasteiger partial charge on any atom is 0.416 e. The van der Waals surface area contributed by atoms with Crippen molar-refractivity contribution in [1.82, 2.24) is 14.7 Å². The Bertz CT molecular complexity index is 579. The summed E-state index contributed by atoms with van der Waals surface area (Å²) in [7, 11) is 1.86. The van der Waals surface area contributed by atoms with Crippen LogP contribution in [0.2, 0.25) is 0 Å². The number of rotatable bonds is 8. The predicted octanol–water partition coefficient (Wildman–Crippen LogP) is 4.20. The summed E-state index contributed by atoms with van der Waals surface area (Å²) in [6.07, 6.45) is 2.42. The van der Waals surface area contributed by atoms with E-state index in [-0.39, 0.29) is 0 Å². The Morgan fingerprint density at radius 1 is 1.09 bits per heavy atom. The zero-order valence-electron chi connectivity index (χ0n) is 13.3. The van der Waals surface area contributed by atoms with Crippen LogP contribution in [0.25, 0.3) is 0 Å². The molecule has 0 aliphatic carbocycles. The fourth-order valence-corrected chi connectivity index (χ4v) is 2.57. The minimum atomic E-state index is -4.29. The third kappa shape index (κ3) is 5.71. The van der Waals surface area contributed by atoms with Crippen molar-refractivity contribution in [2.24, 2.45) is 0 Å². The standard InChI is InChI=1S/C17H22F3N3/c1-22(11-5-2-6-12-23-13-7-10-21-23)14-15-8-3-4-9-16(15)17(18,19)20/h3-4,7-10,13H,2,5-6,11-12,14H2,1H3. The lowest BCUT2D eigenvalue weighted by Crippen LogP contribution is -2.21. The Morgan fingerprint density at radius 3 is 2.57 bits per heavy atom. The molecule has 0 saturated heterocycles. The zero-order chi connectivity index (χ0) is 16.7. The molecule has 0 N–H and O–H groups in total. The summed E-state index contributed by atoms with van der Waals surface area (Å²) in [4.78, 5) is 1.94. The van der Waals surface area contributed by atoms with E-state index in [0.29, 0.717) is 12.1 Å². The fraction of sp³-hybridized carbons (Fsp3) is 0.471. The fourth-order valence-electron chi connectivity index (χ4n) is 2.57. The van der Waals surface area contributed by atoms with Gasteiger partial charge in [-0.2, -0.15) is 18.3 Å². The molecule has 1 aromatic carbocycles. The van der Waals surface area contributed by atoms with Gasteiger partial charge in [0.15, 0.2) is 0 Å². The lowest BCUT2D eigenvalue weighted by Gasteiger charge is -2.19. The molecule has 126 valence electrons. The number of hydrogen-bond acceptors (Lipinski definition) is 2. The summed E-state index contributed by atoms with van der Waals surface area (Å²) in [6.45, 7) is 1.98. The summed E-state index contributed by atoms with van der Waals surface area (Å²) >= 11 is 0. The van der Waals surface area contributed by atoms with Gasteiger partial charge in [-0.05, 0) is 44.1 Å². The van der Waals surface area contributed by atoms with E-state index < -0.39 is 11.7 Å². The average molecular weight is 325 g/mol. The number of aromatic nitrogens is 2. The first-order valence-electron chi connectivity index (χ1n) is 7.78. The normalized spacial score (nSPS) is 12.0. The van der Waals surface area contributed by atoms with Gasteiger partial charge in [-0.15, -0.1) is 0 Å². The van der Waals surface area contributed by atoms with Gasteiger partial charge in [0.05, 0.1) is 5.56 Å². The van der Waals surface area contributed by atoms with Crippen molar-refractivity contribution in [1.29, 1.82) is 0 Å². The molecular weight excluding hydrogens is 303 g/mol. The van der Waals surface area contributed by atoms with Gasteiger partial charge in [0.2, 0.25) is 0 Å². The second kappa shape index (κ2) is 8.15. The van der Waals surface area contributed by atoms with Crippen LogP contribution in [0, 0.1) is 0 Å². The number of nitrogens with zero attached hydrogens (tertiary/aromatic N) is 3. The second-order valence-electron chi connectivity index (χ2n) is 5.72. The van der Waals surface area contributed by atoms with Crippen LogP contribution in [0.1, 0.15) is 30.4 Å². The summed E-state index contributed by atoms with van der Waals surface area (Å²) in [6, 6.07) is 7.68. The first kappa shape index (κ1) is 17.5. The van der Waals surface area contributed by atoms with Gasteiger partial charge in [-0.25, -0.2) is 0 Å². The van der Waals surface area contributed by atoms with Crippen molar-refractivity contribution < 1.29 is 13.2 Å². The second-order valence-corrected chi connectivity index (χ2v) is 5.72. The molecular formula is C17H22F3N3. The highest BCUT2D eigenvalue weighted by atomic mass is 19.4. The van der Waals surface area contributed by atoms with Crippen molar-refractivity contribution in [3.8, 4) is 0 Å². The monoisotopic (exact) mass is 325 g/mol. The Kier molecular flexibility index (Phi) is 6.21. The molecule has 0 bridgehead atoms. The molecule has 6 heteroatoms. The van der Waals surface area contributed by atoms with Crippen molar-refractivity contribution in [3.05, 3.63) is 53.9 Å². The van der Waals surface area contributed by atoms with Gasteiger partial charge >= 0.3 is 6.18 Å². The summed E-state index contributed by atoms with van der Waals surface area (Å²) < 4.78 is 40.8. The minimum absolute atomic E-state index is 0.314. The molecule has 1 aromatic heterocycles. The van der Waals surface area contributed by atoms with Crippen molar-refractivity contribution in [2.45, 2.75) is 38.5 Å². The molecule has 0 aliphatic rings. The van der Waals surface area contributed by atoms with Crippen LogP contribution in [-0.2, 0) is 19.3 Å². The van der Waals surface area contributed by atoms with Crippen LogP contribution in [-0.4, -0.2) is 28.3 Å². The molecule has 0 unspecified atom stereocenters. The Morgan fingerprint density at radius 2 is 1.87 bits per heavy atom. The SMILES string of the molecule is CN(CCCCCn1cccn1)Cc1ccccc1C(F)(F)F. The molecule has 0 spiro atoms. The molecule has 0 saturated carbocycles. The van der Waals surface area contributed by atoms with Crippen molar-refractivity contribution in [3.63, 3.8) is 0 Å². The van der Waals surface area contributed by atoms with E-state index in [0.717, 1.165) is 38.4 Å². The van der Waals surface area contributed by atoms with E-state index in [1.807, 2.05) is 28.9 Å². The van der Waals surface area contributed by atoms with Gasteiger partial charge in [0, 0.05) is 25.5 Å². The highest BCUT2D eigenvalue weighted by Crippen LogP contribution is 2.32. The highest BCUT2D eigenvalue weighted by Gasteiger charge is 2.32. The largest absolute Gasteiger partial charge is 0.416 e. The summed E-state index contributed by atoms with van der Waals surface area (Å²) in [5, 5.41) is 4.14. The van der Waals surface area contributed by atoms with E-state index in [2.05, 4.69) is 5.10 Å². The molecule has 0 radical (unpaired) electrons. The maximum atomic E-state index is 13.0. The molecule has 3 nitrogen and oxygen atoms in total. The molecule has 0 amide bonds. The number of aryl methyl sites for hydroxylation is 1. The molecule has 0 atom stereocenters. The molecule has 2 rings (SSSR count). The van der Waals surface area contributed by atoms with E-state index >= 15 is 0 Å². The number of unbranched alkanes of at least 4 members (excludes halogenated alkanes) is 2. The molecule has 23 heavy (non-hydrogen) atoms. The Labute approximate surface area is 134 Å². The lowest BCUT2D eigenvalue weighted by atomic mass is 10.1. The number of halogens is 3. The van der Waals surface area contributed by atoms with Crippen LogP contribution in [0.5, 0.6) is 0 Å². The van der Waals surface area contributed by atoms with E-state index in [1.54, 1.807) is 18.3 Å². The van der Waals surface area contributed by atoms with Gasteiger partial charge in [-0.3, -0.25) is 4.68 Å². The van der Waals surface area contributed by atoms with E-state index in [4.69, 9.17) is 0 Å². The average Bonchev–Trinajstić information content (AvgIpc) is 2.99. The minimum Gasteiger partial charge on any atom is -0.302 e. The topological polar surface area (TPSA) is 21.1 Å². The molecule has 0 aliphatic heterocycles. The predicted molar refractivity (Wildman–Crippen MR) is 83.9 cm³/mol. The summed E-state index contributed by atoms with van der Waals surface area (Å²) in [5.41, 5.74) is -0.204. The number of alkyl halides is 3. The molecule has 0 fully saturated rings. The van der Waals surface area contributed by atoms with Crippen LogP contribution in [0.3, 0.4) is 0 Å². The number of hydrogen-bond donors (Lipinski definition) is 0. The van der Waals surface area contributed by atoms with Crippen LogP contribution < -0.4 is 0 Å².